The molecule has 3 fully saturated rings. The third-order valence-corrected chi connectivity index (χ3v) is 8.29. The minimum Gasteiger partial charge on any atom is -0.477 e. The number of piperidine rings is 2. The molecule has 0 unspecified atom stereocenters. The van der Waals surface area contributed by atoms with Gasteiger partial charge in [-0.15, -0.1) is 0 Å². The summed E-state index contributed by atoms with van der Waals surface area (Å²) in [7, 11) is 0. The number of hydrogen-bond acceptors (Lipinski definition) is 5. The lowest BCUT2D eigenvalue weighted by Crippen LogP contribution is -2.44. The van der Waals surface area contributed by atoms with Crippen molar-refractivity contribution in [3.8, 4) is 17.0 Å². The zero-order chi connectivity index (χ0) is 25.1. The van der Waals surface area contributed by atoms with E-state index in [1.807, 2.05) is 6.07 Å². The number of aliphatic hydroxyl groups excluding tert-OH is 1. The summed E-state index contributed by atoms with van der Waals surface area (Å²) in [6.07, 6.45) is 9.00. The van der Waals surface area contributed by atoms with E-state index in [1.165, 1.54) is 31.9 Å². The Balaban J connectivity index is 1.12. The van der Waals surface area contributed by atoms with Crippen LogP contribution in [0.2, 0.25) is 0 Å². The van der Waals surface area contributed by atoms with Crippen LogP contribution in [0.25, 0.3) is 11.1 Å². The van der Waals surface area contributed by atoms with Crippen LogP contribution < -0.4 is 4.74 Å². The molecular weight excluding hydrogens is 457 g/mol. The fraction of sp³-hybridized carbons (Fsp3) is 0.586. The first kappa shape index (κ1) is 25.2. The molecule has 5 rings (SSSR count). The fourth-order valence-electron chi connectivity index (χ4n) is 5.82. The van der Waals surface area contributed by atoms with Crippen LogP contribution in [0.15, 0.2) is 36.5 Å². The third-order valence-electron chi connectivity index (χ3n) is 8.29. The van der Waals surface area contributed by atoms with Crippen LogP contribution in [0.1, 0.15) is 62.2 Å². The van der Waals surface area contributed by atoms with E-state index in [2.05, 4.69) is 16.8 Å². The molecule has 1 saturated carbocycles. The molecule has 0 bridgehead atoms. The van der Waals surface area contributed by atoms with Crippen molar-refractivity contribution in [2.24, 2.45) is 11.3 Å². The van der Waals surface area contributed by atoms with Gasteiger partial charge in [-0.25, -0.2) is 9.37 Å². The molecule has 36 heavy (non-hydrogen) atoms. The van der Waals surface area contributed by atoms with E-state index >= 15 is 0 Å². The Morgan fingerprint density at radius 2 is 1.94 bits per heavy atom. The number of β-amino-alcohol motifs (C(OH)–C–C–N with tert-alkyl or cyclic N) is 1. The average molecular weight is 496 g/mol. The summed E-state index contributed by atoms with van der Waals surface area (Å²) in [5.74, 6) is 0.389. The van der Waals surface area contributed by atoms with Crippen LogP contribution in [0.3, 0.4) is 0 Å². The van der Waals surface area contributed by atoms with E-state index in [-0.39, 0.29) is 5.91 Å². The second-order valence-electron chi connectivity index (χ2n) is 11.3. The zero-order valence-corrected chi connectivity index (χ0v) is 21.3. The van der Waals surface area contributed by atoms with Gasteiger partial charge in [-0.1, -0.05) is 19.4 Å². The van der Waals surface area contributed by atoms with Crippen LogP contribution in [0.5, 0.6) is 5.88 Å². The average Bonchev–Trinajstić information content (AvgIpc) is 2.87. The second-order valence-corrected chi connectivity index (χ2v) is 11.3. The molecule has 2 aliphatic heterocycles. The molecular formula is C29H38FN3O3. The number of benzene rings is 1. The van der Waals surface area contributed by atoms with E-state index in [0.29, 0.717) is 60.0 Å². The molecule has 1 amide bonds. The fourth-order valence-corrected chi connectivity index (χ4v) is 5.82. The number of amides is 1. The Kier molecular flexibility index (Phi) is 7.58. The Morgan fingerprint density at radius 3 is 2.58 bits per heavy atom. The Labute approximate surface area is 213 Å². The number of pyridine rings is 1. The number of rotatable bonds is 7. The van der Waals surface area contributed by atoms with Crippen molar-refractivity contribution < 1.29 is 19.0 Å². The van der Waals surface area contributed by atoms with E-state index in [9.17, 15) is 14.3 Å². The lowest BCUT2D eigenvalue weighted by molar-refractivity contribution is 0.0473. The highest BCUT2D eigenvalue weighted by Crippen LogP contribution is 2.41. The molecule has 2 saturated heterocycles. The van der Waals surface area contributed by atoms with Crippen LogP contribution >= 0.6 is 0 Å². The molecule has 1 atom stereocenters. The second kappa shape index (κ2) is 10.9. The van der Waals surface area contributed by atoms with Crippen molar-refractivity contribution in [3.05, 3.63) is 47.9 Å². The van der Waals surface area contributed by atoms with Gasteiger partial charge in [0.05, 0.1) is 12.7 Å². The highest BCUT2D eigenvalue weighted by molar-refractivity contribution is 5.95. The van der Waals surface area contributed by atoms with Crippen molar-refractivity contribution in [1.29, 1.82) is 0 Å². The summed E-state index contributed by atoms with van der Waals surface area (Å²) >= 11 is 0. The Hall–Kier alpha value is -2.51. The number of nitrogens with zero attached hydrogens (tertiary/aromatic N) is 3. The number of carbonyl (C=O) groups is 1. The Bertz CT molecular complexity index is 1050. The zero-order valence-electron chi connectivity index (χ0n) is 21.3. The van der Waals surface area contributed by atoms with Gasteiger partial charge in [-0.3, -0.25) is 4.79 Å². The van der Waals surface area contributed by atoms with Gasteiger partial charge in [0, 0.05) is 48.6 Å². The number of carbonyl (C=O) groups excluding carboxylic acids is 1. The van der Waals surface area contributed by atoms with Crippen molar-refractivity contribution in [2.75, 3.05) is 39.3 Å². The van der Waals surface area contributed by atoms with Gasteiger partial charge in [0.25, 0.3) is 5.91 Å². The standard InChI is InChI=1S/C29H38FN3O3/c1-29(11-3-12-29)20-32-14-9-21(10-15-32)19-36-27-8-6-23(17-31-27)25-7-5-22(16-26(25)30)28(35)33-13-2-4-24(34)18-33/h5-8,16-17,21,24,34H,2-4,9-15,18-20H2,1H3/t24-/m1/s1. The van der Waals surface area contributed by atoms with Gasteiger partial charge in [-0.2, -0.15) is 0 Å². The number of aromatic nitrogens is 1. The molecule has 194 valence electrons. The molecule has 7 heteroatoms. The largest absolute Gasteiger partial charge is 0.477 e. The molecule has 3 heterocycles. The molecule has 0 radical (unpaired) electrons. The predicted octanol–water partition coefficient (Wildman–Crippen LogP) is 4.77. The molecule has 1 aromatic carbocycles. The molecule has 6 nitrogen and oxygen atoms in total. The van der Waals surface area contributed by atoms with E-state index < -0.39 is 11.9 Å². The lowest BCUT2D eigenvalue weighted by Gasteiger charge is -2.44. The maximum atomic E-state index is 14.9. The van der Waals surface area contributed by atoms with Crippen molar-refractivity contribution in [3.63, 3.8) is 0 Å². The summed E-state index contributed by atoms with van der Waals surface area (Å²) in [4.78, 5) is 21.3. The number of hydrogen-bond donors (Lipinski definition) is 1. The van der Waals surface area contributed by atoms with E-state index in [0.717, 1.165) is 32.4 Å². The van der Waals surface area contributed by atoms with Gasteiger partial charge in [0.2, 0.25) is 5.88 Å². The molecule has 1 aliphatic carbocycles. The summed E-state index contributed by atoms with van der Waals surface area (Å²) < 4.78 is 20.9. The highest BCUT2D eigenvalue weighted by atomic mass is 19.1. The molecule has 0 spiro atoms. The molecule has 3 aliphatic rings. The topological polar surface area (TPSA) is 65.9 Å². The predicted molar refractivity (Wildman–Crippen MR) is 137 cm³/mol. The van der Waals surface area contributed by atoms with Gasteiger partial charge in [0.15, 0.2) is 0 Å². The minimum absolute atomic E-state index is 0.246. The first-order valence-electron chi connectivity index (χ1n) is 13.5. The number of halogens is 1. The maximum Gasteiger partial charge on any atom is 0.254 e. The van der Waals surface area contributed by atoms with Crippen molar-refractivity contribution >= 4 is 5.91 Å². The van der Waals surface area contributed by atoms with Crippen molar-refractivity contribution in [2.45, 2.75) is 58.0 Å². The number of likely N-dealkylation sites (tertiary alicyclic amines) is 2. The first-order chi connectivity index (χ1) is 17.4. The number of ether oxygens (including phenoxy) is 1. The van der Waals surface area contributed by atoms with Gasteiger partial charge in [0.1, 0.15) is 5.82 Å². The van der Waals surface area contributed by atoms with E-state index in [4.69, 9.17) is 4.74 Å². The van der Waals surface area contributed by atoms with E-state index in [1.54, 1.807) is 29.3 Å². The summed E-state index contributed by atoms with van der Waals surface area (Å²) in [5, 5.41) is 9.83. The molecule has 1 aromatic heterocycles. The SMILES string of the molecule is CC1(CN2CCC(COc3ccc(-c4ccc(C(=O)N5CCC[C@@H](O)C5)cc4F)cn3)CC2)CCC1. The van der Waals surface area contributed by atoms with Crippen molar-refractivity contribution in [1.82, 2.24) is 14.8 Å². The van der Waals surface area contributed by atoms with Gasteiger partial charge >= 0.3 is 0 Å². The molecule has 1 N–H and O–H groups in total. The number of aliphatic hydroxyl groups is 1. The normalized spacial score (nSPS) is 22.8. The first-order valence-corrected chi connectivity index (χ1v) is 13.5. The van der Waals surface area contributed by atoms with Crippen LogP contribution in [-0.2, 0) is 0 Å². The quantitative estimate of drug-likeness (QED) is 0.600. The van der Waals surface area contributed by atoms with Crippen LogP contribution in [0.4, 0.5) is 4.39 Å². The minimum atomic E-state index is -0.507. The lowest BCUT2D eigenvalue weighted by atomic mass is 9.70. The maximum absolute atomic E-state index is 14.9. The highest BCUT2D eigenvalue weighted by Gasteiger charge is 2.34. The van der Waals surface area contributed by atoms with Crippen LogP contribution in [0, 0.1) is 17.2 Å². The van der Waals surface area contributed by atoms with Crippen LogP contribution in [-0.4, -0.2) is 71.2 Å². The van der Waals surface area contributed by atoms with Gasteiger partial charge in [-0.05, 0) is 81.1 Å². The van der Waals surface area contributed by atoms with Gasteiger partial charge < -0.3 is 19.6 Å². The summed E-state index contributed by atoms with van der Waals surface area (Å²) in [5.41, 5.74) is 1.88. The smallest absolute Gasteiger partial charge is 0.254 e. The Morgan fingerprint density at radius 1 is 1.14 bits per heavy atom. The molecule has 2 aromatic rings. The summed E-state index contributed by atoms with van der Waals surface area (Å²) in [6.45, 7) is 7.49. The monoisotopic (exact) mass is 495 g/mol. The summed E-state index contributed by atoms with van der Waals surface area (Å²) in [6, 6.07) is 8.14. The third kappa shape index (κ3) is 5.89.